The van der Waals surface area contributed by atoms with Gasteiger partial charge in [0.15, 0.2) is 6.61 Å². The second-order valence-electron chi connectivity index (χ2n) is 5.57. The van der Waals surface area contributed by atoms with E-state index < -0.39 is 5.97 Å². The third-order valence-electron chi connectivity index (χ3n) is 3.95. The molecule has 0 N–H and O–H groups in total. The van der Waals surface area contributed by atoms with Gasteiger partial charge in [0.25, 0.3) is 5.91 Å². The normalized spacial score (nSPS) is 14.5. The first-order valence-corrected chi connectivity index (χ1v) is 8.02. The fraction of sp³-hybridized carbons (Fsp3) is 0.389. The number of methoxy groups -OCH3 is 1. The Morgan fingerprint density at radius 2 is 1.72 bits per heavy atom. The van der Waals surface area contributed by atoms with Crippen LogP contribution in [-0.4, -0.2) is 67.5 Å². The lowest BCUT2D eigenvalue weighted by molar-refractivity contribution is -0.149. The number of esters is 1. The Kier molecular flexibility index (Phi) is 6.56. The smallest absolute Gasteiger partial charge is 0.331 e. The standard InChI is InChI=1S/C18H22N2O5/c1-14(21)19-9-11-20(12-10-19)17(22)13-25-18(23)8-7-15-5-3-4-6-16(15)24-2/h3-8H,9-13H2,1-2H3/b8-7+. The first-order valence-electron chi connectivity index (χ1n) is 8.02. The van der Waals surface area contributed by atoms with Crippen molar-refractivity contribution in [1.82, 2.24) is 9.80 Å². The van der Waals surface area contributed by atoms with Crippen LogP contribution in [0, 0.1) is 0 Å². The number of hydrogen-bond donors (Lipinski definition) is 0. The largest absolute Gasteiger partial charge is 0.496 e. The zero-order chi connectivity index (χ0) is 18.2. The van der Waals surface area contributed by atoms with Crippen molar-refractivity contribution >= 4 is 23.9 Å². The molecule has 7 heteroatoms. The predicted octanol–water partition coefficient (Wildman–Crippen LogP) is 0.942. The summed E-state index contributed by atoms with van der Waals surface area (Å²) in [5, 5.41) is 0. The van der Waals surface area contributed by atoms with Crippen LogP contribution in [0.15, 0.2) is 30.3 Å². The highest BCUT2D eigenvalue weighted by Crippen LogP contribution is 2.18. The van der Waals surface area contributed by atoms with E-state index in [2.05, 4.69) is 0 Å². The third-order valence-corrected chi connectivity index (χ3v) is 3.95. The quantitative estimate of drug-likeness (QED) is 0.586. The number of amides is 2. The van der Waals surface area contributed by atoms with Gasteiger partial charge in [0.1, 0.15) is 5.75 Å². The van der Waals surface area contributed by atoms with Crippen LogP contribution < -0.4 is 4.74 Å². The summed E-state index contributed by atoms with van der Waals surface area (Å²) in [6.45, 7) is 3.11. The van der Waals surface area contributed by atoms with Crippen molar-refractivity contribution in [2.45, 2.75) is 6.92 Å². The number of rotatable bonds is 5. The molecule has 25 heavy (non-hydrogen) atoms. The molecule has 1 aliphatic rings. The van der Waals surface area contributed by atoms with Crippen LogP contribution in [-0.2, 0) is 19.1 Å². The molecule has 2 amide bonds. The molecule has 0 aromatic heterocycles. The third kappa shape index (κ3) is 5.34. The van der Waals surface area contributed by atoms with E-state index in [1.54, 1.807) is 29.1 Å². The molecule has 1 heterocycles. The van der Waals surface area contributed by atoms with Crippen LogP contribution in [0.3, 0.4) is 0 Å². The van der Waals surface area contributed by atoms with Crippen LogP contribution in [0.25, 0.3) is 6.08 Å². The van der Waals surface area contributed by atoms with Crippen molar-refractivity contribution in [2.24, 2.45) is 0 Å². The topological polar surface area (TPSA) is 76.2 Å². The Balaban J connectivity index is 1.79. The van der Waals surface area contributed by atoms with E-state index in [1.807, 2.05) is 18.2 Å². The van der Waals surface area contributed by atoms with E-state index in [0.717, 1.165) is 5.56 Å². The minimum absolute atomic E-state index is 0.00000375. The van der Waals surface area contributed by atoms with Gasteiger partial charge in [-0.05, 0) is 12.1 Å². The monoisotopic (exact) mass is 346 g/mol. The zero-order valence-electron chi connectivity index (χ0n) is 14.4. The molecule has 0 bridgehead atoms. The maximum Gasteiger partial charge on any atom is 0.331 e. The molecule has 7 nitrogen and oxygen atoms in total. The summed E-state index contributed by atoms with van der Waals surface area (Å²) in [6.07, 6.45) is 2.84. The second kappa shape index (κ2) is 8.86. The number of nitrogens with zero attached hydrogens (tertiary/aromatic N) is 2. The lowest BCUT2D eigenvalue weighted by atomic mass is 10.2. The van der Waals surface area contributed by atoms with E-state index in [1.165, 1.54) is 13.0 Å². The molecule has 0 radical (unpaired) electrons. The number of para-hydroxylation sites is 1. The number of benzene rings is 1. The Morgan fingerprint density at radius 1 is 1.08 bits per heavy atom. The van der Waals surface area contributed by atoms with Gasteiger partial charge in [-0.1, -0.05) is 18.2 Å². The Bertz CT molecular complexity index is 663. The van der Waals surface area contributed by atoms with Gasteiger partial charge in [-0.25, -0.2) is 4.79 Å². The van der Waals surface area contributed by atoms with E-state index in [-0.39, 0.29) is 18.4 Å². The average molecular weight is 346 g/mol. The van der Waals surface area contributed by atoms with Crippen molar-refractivity contribution in [3.63, 3.8) is 0 Å². The van der Waals surface area contributed by atoms with Gasteiger partial charge in [0.05, 0.1) is 7.11 Å². The Labute approximate surface area is 146 Å². The number of piperazine rings is 1. The minimum Gasteiger partial charge on any atom is -0.496 e. The Hall–Kier alpha value is -2.83. The van der Waals surface area contributed by atoms with E-state index in [4.69, 9.17) is 9.47 Å². The number of carbonyl (C=O) groups excluding carboxylic acids is 3. The van der Waals surface area contributed by atoms with Crippen LogP contribution in [0.1, 0.15) is 12.5 Å². The number of carbonyl (C=O) groups is 3. The molecule has 2 rings (SSSR count). The minimum atomic E-state index is -0.596. The van der Waals surface area contributed by atoms with E-state index in [0.29, 0.717) is 31.9 Å². The van der Waals surface area contributed by atoms with Gasteiger partial charge in [0, 0.05) is 44.7 Å². The number of hydrogen-bond acceptors (Lipinski definition) is 5. The van der Waals surface area contributed by atoms with Gasteiger partial charge in [-0.15, -0.1) is 0 Å². The maximum atomic E-state index is 12.1. The van der Waals surface area contributed by atoms with Crippen LogP contribution in [0.4, 0.5) is 0 Å². The summed E-state index contributed by atoms with van der Waals surface area (Å²) >= 11 is 0. The summed E-state index contributed by atoms with van der Waals surface area (Å²) < 4.78 is 10.2. The van der Waals surface area contributed by atoms with Crippen LogP contribution in [0.5, 0.6) is 5.75 Å². The first kappa shape index (κ1) is 18.5. The van der Waals surface area contributed by atoms with Gasteiger partial charge < -0.3 is 19.3 Å². The molecule has 1 aromatic carbocycles. The first-order chi connectivity index (χ1) is 12.0. The summed E-state index contributed by atoms with van der Waals surface area (Å²) in [5.74, 6) is -0.213. The predicted molar refractivity (Wildman–Crippen MR) is 91.8 cm³/mol. The highest BCUT2D eigenvalue weighted by atomic mass is 16.5. The molecular weight excluding hydrogens is 324 g/mol. The van der Waals surface area contributed by atoms with Crippen molar-refractivity contribution in [1.29, 1.82) is 0 Å². The van der Waals surface area contributed by atoms with Crippen molar-refractivity contribution < 1.29 is 23.9 Å². The second-order valence-corrected chi connectivity index (χ2v) is 5.57. The number of ether oxygens (including phenoxy) is 2. The highest BCUT2D eigenvalue weighted by molar-refractivity contribution is 5.89. The molecule has 1 aromatic rings. The SMILES string of the molecule is COc1ccccc1/C=C/C(=O)OCC(=O)N1CCN(C(C)=O)CC1. The summed E-state index contributed by atoms with van der Waals surface area (Å²) in [7, 11) is 1.55. The zero-order valence-corrected chi connectivity index (χ0v) is 14.4. The van der Waals surface area contributed by atoms with Gasteiger partial charge >= 0.3 is 5.97 Å². The molecule has 0 aliphatic carbocycles. The van der Waals surface area contributed by atoms with Crippen molar-refractivity contribution in [2.75, 3.05) is 39.9 Å². The van der Waals surface area contributed by atoms with Gasteiger partial charge in [-0.3, -0.25) is 9.59 Å². The fourth-order valence-electron chi connectivity index (χ4n) is 2.50. The maximum absolute atomic E-state index is 12.1. The van der Waals surface area contributed by atoms with E-state index in [9.17, 15) is 14.4 Å². The van der Waals surface area contributed by atoms with Crippen LogP contribution >= 0.6 is 0 Å². The summed E-state index contributed by atoms with van der Waals surface area (Å²) in [5.41, 5.74) is 0.744. The average Bonchev–Trinajstić information content (AvgIpc) is 2.64. The molecule has 0 spiro atoms. The van der Waals surface area contributed by atoms with Crippen molar-refractivity contribution in [3.05, 3.63) is 35.9 Å². The molecule has 1 fully saturated rings. The molecular formula is C18H22N2O5. The molecule has 1 saturated heterocycles. The van der Waals surface area contributed by atoms with Crippen molar-refractivity contribution in [3.8, 4) is 5.75 Å². The van der Waals surface area contributed by atoms with Gasteiger partial charge in [0.2, 0.25) is 5.91 Å². The lowest BCUT2D eigenvalue weighted by Gasteiger charge is -2.34. The molecule has 134 valence electrons. The van der Waals surface area contributed by atoms with Gasteiger partial charge in [-0.2, -0.15) is 0 Å². The molecule has 0 unspecified atom stereocenters. The Morgan fingerprint density at radius 3 is 2.36 bits per heavy atom. The summed E-state index contributed by atoms with van der Waals surface area (Å²) in [4.78, 5) is 38.4. The molecule has 1 aliphatic heterocycles. The fourth-order valence-corrected chi connectivity index (χ4v) is 2.50. The lowest BCUT2D eigenvalue weighted by Crippen LogP contribution is -2.51. The molecule has 0 atom stereocenters. The molecule has 0 saturated carbocycles. The summed E-state index contributed by atoms with van der Waals surface area (Å²) in [6, 6.07) is 7.26. The highest BCUT2D eigenvalue weighted by Gasteiger charge is 2.22. The van der Waals surface area contributed by atoms with Crippen LogP contribution in [0.2, 0.25) is 0 Å². The van der Waals surface area contributed by atoms with E-state index >= 15 is 0 Å².